The van der Waals surface area contributed by atoms with Crippen LogP contribution in [-0.4, -0.2) is 61.0 Å². The van der Waals surface area contributed by atoms with Crippen LogP contribution >= 0.6 is 0 Å². The number of piperidine rings is 1. The average molecular weight is 455 g/mol. The van der Waals surface area contributed by atoms with Crippen LogP contribution in [-0.2, 0) is 0 Å². The van der Waals surface area contributed by atoms with Crippen LogP contribution in [0.5, 0.6) is 5.75 Å². The first kappa shape index (κ1) is 22.2. The zero-order valence-electron chi connectivity index (χ0n) is 19.9. The van der Waals surface area contributed by atoms with Gasteiger partial charge in [0.2, 0.25) is 5.78 Å². The second kappa shape index (κ2) is 9.31. The highest BCUT2D eigenvalue weighted by molar-refractivity contribution is 6.08. The van der Waals surface area contributed by atoms with E-state index in [2.05, 4.69) is 46.0 Å². The Morgan fingerprint density at radius 2 is 1.82 bits per heavy atom. The maximum Gasteiger partial charge on any atom is 0.228 e. The molecule has 6 heteroatoms. The Labute approximate surface area is 200 Å². The number of nitrogens with zero attached hydrogens (tertiary/aromatic N) is 3. The molecular formula is C28H30N4O2. The molecule has 1 aromatic heterocycles. The third kappa shape index (κ3) is 4.29. The van der Waals surface area contributed by atoms with E-state index in [-0.39, 0.29) is 5.78 Å². The number of H-pyrrole nitrogens is 1. The lowest BCUT2D eigenvalue weighted by Crippen LogP contribution is -2.41. The van der Waals surface area contributed by atoms with Crippen molar-refractivity contribution < 1.29 is 9.53 Å². The number of methoxy groups -OCH3 is 1. The molecule has 5 rings (SSSR count). The van der Waals surface area contributed by atoms with Gasteiger partial charge in [0.25, 0.3) is 0 Å². The fourth-order valence-electron chi connectivity index (χ4n) is 4.79. The number of rotatable bonds is 6. The van der Waals surface area contributed by atoms with Crippen molar-refractivity contribution in [2.24, 2.45) is 0 Å². The Bertz CT molecular complexity index is 1320. The monoisotopic (exact) mass is 454 g/mol. The Morgan fingerprint density at radius 1 is 1.03 bits per heavy atom. The Balaban J connectivity index is 1.39. The smallest absolute Gasteiger partial charge is 0.228 e. The van der Waals surface area contributed by atoms with Gasteiger partial charge in [0.15, 0.2) is 5.82 Å². The van der Waals surface area contributed by atoms with Gasteiger partial charge in [0, 0.05) is 35.9 Å². The topological polar surface area (TPSA) is 61.5 Å². The van der Waals surface area contributed by atoms with Gasteiger partial charge in [-0.1, -0.05) is 36.4 Å². The number of ether oxygens (including phenoxy) is 1. The lowest BCUT2D eigenvalue weighted by molar-refractivity contribution is 0.103. The van der Waals surface area contributed by atoms with Crippen LogP contribution < -0.4 is 9.64 Å². The fourth-order valence-corrected chi connectivity index (χ4v) is 4.79. The minimum atomic E-state index is -0.124. The predicted molar refractivity (Wildman–Crippen MR) is 137 cm³/mol. The van der Waals surface area contributed by atoms with E-state index in [0.717, 1.165) is 53.8 Å². The molecule has 0 radical (unpaired) electrons. The summed E-state index contributed by atoms with van der Waals surface area (Å²) in [5.41, 5.74) is 5.33. The zero-order chi connectivity index (χ0) is 23.7. The number of anilines is 1. The van der Waals surface area contributed by atoms with Crippen molar-refractivity contribution in [3.63, 3.8) is 0 Å². The van der Waals surface area contributed by atoms with Gasteiger partial charge in [-0.3, -0.25) is 4.79 Å². The van der Waals surface area contributed by atoms with Crippen molar-refractivity contribution in [1.29, 1.82) is 0 Å². The van der Waals surface area contributed by atoms with Gasteiger partial charge in [-0.15, -0.1) is 0 Å². The minimum Gasteiger partial charge on any atom is -0.496 e. The van der Waals surface area contributed by atoms with Crippen LogP contribution in [0.15, 0.2) is 66.7 Å². The summed E-state index contributed by atoms with van der Waals surface area (Å²) in [5, 5.41) is 0. The number of aromatic amines is 1. The van der Waals surface area contributed by atoms with Gasteiger partial charge in [-0.05, 0) is 62.8 Å². The first-order chi connectivity index (χ1) is 16.5. The summed E-state index contributed by atoms with van der Waals surface area (Å²) in [6.07, 6.45) is 2.31. The molecule has 6 nitrogen and oxygen atoms in total. The van der Waals surface area contributed by atoms with Gasteiger partial charge in [0.1, 0.15) is 5.75 Å². The number of imidazole rings is 1. The second-order valence-electron chi connectivity index (χ2n) is 9.08. The molecule has 0 spiro atoms. The van der Waals surface area contributed by atoms with Gasteiger partial charge in [0.05, 0.1) is 18.1 Å². The molecule has 1 N–H and O–H groups in total. The van der Waals surface area contributed by atoms with E-state index in [0.29, 0.717) is 17.4 Å². The van der Waals surface area contributed by atoms with Crippen molar-refractivity contribution in [2.75, 3.05) is 39.2 Å². The normalized spacial score (nSPS) is 14.6. The standard InChI is InChI=1S/C28H30N4O2/c1-31(2)21-13-15-32(16-14-21)22-11-12-24-25(18-22)30-28(29-24)27(33)20-8-6-7-19(17-20)23-9-4-5-10-26(23)34-3/h4-12,17-18,21H,13-16H2,1-3H3,(H,29,30). The number of hydrogen-bond acceptors (Lipinski definition) is 5. The molecule has 34 heavy (non-hydrogen) atoms. The third-order valence-electron chi connectivity index (χ3n) is 6.78. The minimum absolute atomic E-state index is 0.124. The number of nitrogens with one attached hydrogen (secondary N) is 1. The molecule has 174 valence electrons. The number of ketones is 1. The highest BCUT2D eigenvalue weighted by Crippen LogP contribution is 2.31. The molecule has 0 atom stereocenters. The summed E-state index contributed by atoms with van der Waals surface area (Å²) in [4.78, 5) is 25.9. The van der Waals surface area contributed by atoms with Crippen molar-refractivity contribution in [1.82, 2.24) is 14.9 Å². The number of aromatic nitrogens is 2. The van der Waals surface area contributed by atoms with Crippen molar-refractivity contribution in [2.45, 2.75) is 18.9 Å². The molecule has 1 aliphatic rings. The van der Waals surface area contributed by atoms with E-state index in [1.54, 1.807) is 7.11 Å². The van der Waals surface area contributed by atoms with Gasteiger partial charge >= 0.3 is 0 Å². The third-order valence-corrected chi connectivity index (χ3v) is 6.78. The van der Waals surface area contributed by atoms with Crippen LogP contribution in [0.1, 0.15) is 29.0 Å². The number of fused-ring (bicyclic) bond motifs is 1. The molecule has 0 saturated carbocycles. The van der Waals surface area contributed by atoms with E-state index >= 15 is 0 Å². The SMILES string of the molecule is COc1ccccc1-c1cccc(C(=O)c2nc3ccc(N4CCC(N(C)C)CC4)cc3[nH]2)c1. The molecule has 1 saturated heterocycles. The highest BCUT2D eigenvalue weighted by atomic mass is 16.5. The van der Waals surface area contributed by atoms with Crippen LogP contribution in [0.25, 0.3) is 22.2 Å². The number of para-hydroxylation sites is 1. The van der Waals surface area contributed by atoms with E-state index < -0.39 is 0 Å². The molecule has 2 heterocycles. The Kier molecular flexibility index (Phi) is 6.07. The van der Waals surface area contributed by atoms with E-state index in [9.17, 15) is 4.79 Å². The van der Waals surface area contributed by atoms with Crippen molar-refractivity contribution >= 4 is 22.5 Å². The van der Waals surface area contributed by atoms with Crippen LogP contribution in [0.3, 0.4) is 0 Å². The molecular weight excluding hydrogens is 424 g/mol. The molecule has 0 unspecified atom stereocenters. The first-order valence-corrected chi connectivity index (χ1v) is 11.7. The number of carbonyl (C=O) groups is 1. The maximum atomic E-state index is 13.3. The van der Waals surface area contributed by atoms with E-state index in [4.69, 9.17) is 4.74 Å². The summed E-state index contributed by atoms with van der Waals surface area (Å²) in [5.74, 6) is 1.01. The van der Waals surface area contributed by atoms with Crippen LogP contribution in [0.2, 0.25) is 0 Å². The maximum absolute atomic E-state index is 13.3. The Morgan fingerprint density at radius 3 is 2.59 bits per heavy atom. The van der Waals surface area contributed by atoms with Crippen molar-refractivity contribution in [3.05, 3.63) is 78.1 Å². The highest BCUT2D eigenvalue weighted by Gasteiger charge is 2.22. The summed E-state index contributed by atoms with van der Waals surface area (Å²) in [7, 11) is 5.96. The zero-order valence-corrected chi connectivity index (χ0v) is 19.9. The average Bonchev–Trinajstić information content (AvgIpc) is 3.32. The molecule has 0 aliphatic carbocycles. The molecule has 1 fully saturated rings. The molecule has 0 amide bonds. The van der Waals surface area contributed by atoms with Gasteiger partial charge < -0.3 is 19.5 Å². The van der Waals surface area contributed by atoms with Crippen LogP contribution in [0, 0.1) is 0 Å². The van der Waals surface area contributed by atoms with Gasteiger partial charge in [-0.25, -0.2) is 4.98 Å². The molecule has 0 bridgehead atoms. The van der Waals surface area contributed by atoms with Crippen molar-refractivity contribution in [3.8, 4) is 16.9 Å². The lowest BCUT2D eigenvalue weighted by atomic mass is 10.0. The molecule has 3 aromatic carbocycles. The molecule has 1 aliphatic heterocycles. The second-order valence-corrected chi connectivity index (χ2v) is 9.08. The fraction of sp³-hybridized carbons (Fsp3) is 0.286. The largest absolute Gasteiger partial charge is 0.496 e. The Hall–Kier alpha value is -3.64. The van der Waals surface area contributed by atoms with E-state index in [1.165, 1.54) is 5.69 Å². The predicted octanol–water partition coefficient (Wildman–Crippen LogP) is 5.00. The quantitative estimate of drug-likeness (QED) is 0.416. The summed E-state index contributed by atoms with van der Waals surface area (Å²) < 4.78 is 5.49. The van der Waals surface area contributed by atoms with Gasteiger partial charge in [-0.2, -0.15) is 0 Å². The number of hydrogen-bond donors (Lipinski definition) is 1. The molecule has 4 aromatic rings. The summed E-state index contributed by atoms with van der Waals surface area (Å²) in [6, 6.07) is 22.3. The lowest BCUT2D eigenvalue weighted by Gasteiger charge is -2.36. The number of carbonyl (C=O) groups excluding carboxylic acids is 1. The van der Waals surface area contributed by atoms with Crippen LogP contribution in [0.4, 0.5) is 5.69 Å². The summed E-state index contributed by atoms with van der Waals surface area (Å²) >= 11 is 0. The summed E-state index contributed by atoms with van der Waals surface area (Å²) in [6.45, 7) is 2.06. The number of benzene rings is 3. The first-order valence-electron chi connectivity index (χ1n) is 11.7. The van der Waals surface area contributed by atoms with E-state index in [1.807, 2.05) is 54.6 Å².